The number of carboxylic acid groups (broad SMARTS) is 3. The Balaban J connectivity index is 0.000000289. The van der Waals surface area contributed by atoms with Crippen LogP contribution < -0.4 is 10.6 Å². The van der Waals surface area contributed by atoms with E-state index < -0.39 is 36.4 Å². The van der Waals surface area contributed by atoms with Gasteiger partial charge in [-0.1, -0.05) is 0 Å². The number of hydrogen-bond acceptors (Lipinski definition) is 8. The van der Waals surface area contributed by atoms with Gasteiger partial charge in [0, 0.05) is 29.9 Å². The number of hydrogen-bond donors (Lipinski definition) is 6. The first-order chi connectivity index (χ1) is 21.2. The average molecular weight is 674 g/mol. The molecule has 12 nitrogen and oxygen atoms in total. The van der Waals surface area contributed by atoms with Crippen LogP contribution in [0.4, 0.5) is 51.0 Å². The molecule has 2 aliphatic heterocycles. The van der Waals surface area contributed by atoms with E-state index in [9.17, 15) is 39.5 Å². The number of fused-ring (bicyclic) bond motifs is 5. The summed E-state index contributed by atoms with van der Waals surface area (Å²) >= 11 is 0. The van der Waals surface area contributed by atoms with Crippen LogP contribution in [0.1, 0.15) is 18.7 Å². The van der Waals surface area contributed by atoms with Crippen molar-refractivity contribution in [2.45, 2.75) is 37.8 Å². The SMILES string of the molecule is O=C(O)C(F)(F)F.O=C(O)C(F)(F)F.O=C(O)C(F)(F)F.c1cnc2c(c1)-c1nc(CC3CCCNC3)[nH]c1-c1ccncc1N2. The van der Waals surface area contributed by atoms with Gasteiger partial charge in [0.1, 0.15) is 17.3 Å². The molecule has 0 radical (unpaired) electrons. The number of H-pyrrole nitrogens is 1. The van der Waals surface area contributed by atoms with Gasteiger partial charge in [0.15, 0.2) is 0 Å². The fraction of sp³-hybridized carbons (Fsp3) is 0.360. The van der Waals surface area contributed by atoms with Gasteiger partial charge in [-0.2, -0.15) is 39.5 Å². The number of pyridine rings is 2. The summed E-state index contributed by atoms with van der Waals surface area (Å²) in [6.07, 6.45) is -6.31. The Kier molecular flexibility index (Phi) is 12.4. The van der Waals surface area contributed by atoms with E-state index in [1.54, 1.807) is 6.20 Å². The zero-order chi connectivity index (χ0) is 34.9. The maximum Gasteiger partial charge on any atom is 0.490 e. The molecule has 0 bridgehead atoms. The lowest BCUT2D eigenvalue weighted by Crippen LogP contribution is -2.31. The summed E-state index contributed by atoms with van der Waals surface area (Å²) < 4.78 is 95.2. The lowest BCUT2D eigenvalue weighted by Gasteiger charge is -2.21. The van der Waals surface area contributed by atoms with E-state index in [0.29, 0.717) is 5.92 Å². The van der Waals surface area contributed by atoms with Crippen molar-refractivity contribution in [3.63, 3.8) is 0 Å². The van der Waals surface area contributed by atoms with E-state index >= 15 is 0 Å². The second-order valence-corrected chi connectivity index (χ2v) is 9.18. The number of aromatic amines is 1. The Morgan fingerprint density at radius 3 is 1.91 bits per heavy atom. The molecule has 0 aromatic carbocycles. The second kappa shape index (κ2) is 15.4. The molecule has 3 aromatic rings. The Hall–Kier alpha value is -4.95. The summed E-state index contributed by atoms with van der Waals surface area (Å²) in [5, 5.41) is 28.3. The lowest BCUT2D eigenvalue weighted by atomic mass is 9.96. The summed E-state index contributed by atoms with van der Waals surface area (Å²) in [6.45, 7) is 2.21. The number of aromatic nitrogens is 4. The number of halogens is 9. The Morgan fingerprint density at radius 2 is 1.41 bits per heavy atom. The lowest BCUT2D eigenvalue weighted by molar-refractivity contribution is -0.193. The van der Waals surface area contributed by atoms with E-state index in [1.165, 1.54) is 12.8 Å². The fourth-order valence-corrected chi connectivity index (χ4v) is 3.82. The van der Waals surface area contributed by atoms with Crippen LogP contribution in [0.25, 0.3) is 22.5 Å². The van der Waals surface area contributed by atoms with Gasteiger partial charge >= 0.3 is 36.4 Å². The second-order valence-electron chi connectivity index (χ2n) is 9.18. The molecule has 46 heavy (non-hydrogen) atoms. The summed E-state index contributed by atoms with van der Waals surface area (Å²) in [5.74, 6) is -5.74. The van der Waals surface area contributed by atoms with Crippen LogP contribution in [0.15, 0.2) is 36.8 Å². The van der Waals surface area contributed by atoms with Gasteiger partial charge in [-0.25, -0.2) is 24.4 Å². The molecule has 5 rings (SSSR count). The first-order valence-corrected chi connectivity index (χ1v) is 12.6. The molecule has 3 aromatic heterocycles. The van der Waals surface area contributed by atoms with Crippen molar-refractivity contribution >= 4 is 29.4 Å². The van der Waals surface area contributed by atoms with Gasteiger partial charge in [0.25, 0.3) is 0 Å². The van der Waals surface area contributed by atoms with Crippen molar-refractivity contribution in [2.24, 2.45) is 5.92 Å². The zero-order valence-corrected chi connectivity index (χ0v) is 22.9. The largest absolute Gasteiger partial charge is 0.490 e. The third kappa shape index (κ3) is 11.2. The van der Waals surface area contributed by atoms with Gasteiger partial charge in [-0.15, -0.1) is 0 Å². The number of piperidine rings is 1. The number of carboxylic acids is 3. The Labute approximate surface area is 251 Å². The van der Waals surface area contributed by atoms with Crippen LogP contribution in [-0.4, -0.2) is 84.8 Å². The molecule has 5 heterocycles. The Bertz CT molecular complexity index is 1380. The van der Waals surface area contributed by atoms with Crippen LogP contribution in [0.5, 0.6) is 0 Å². The van der Waals surface area contributed by atoms with E-state index in [4.69, 9.17) is 34.7 Å². The quantitative estimate of drug-likeness (QED) is 0.156. The number of carbonyl (C=O) groups is 3. The van der Waals surface area contributed by atoms with Gasteiger partial charge in [-0.05, 0) is 50.0 Å². The number of anilines is 2. The van der Waals surface area contributed by atoms with Crippen molar-refractivity contribution in [2.75, 3.05) is 18.4 Å². The highest BCUT2D eigenvalue weighted by Gasteiger charge is 2.39. The molecule has 0 saturated carbocycles. The number of aliphatic carboxylic acids is 3. The van der Waals surface area contributed by atoms with E-state index in [-0.39, 0.29) is 0 Å². The summed E-state index contributed by atoms with van der Waals surface area (Å²) in [7, 11) is 0. The summed E-state index contributed by atoms with van der Waals surface area (Å²) in [4.78, 5) is 44.0. The van der Waals surface area contributed by atoms with Crippen molar-refractivity contribution < 1.29 is 69.2 Å². The van der Waals surface area contributed by atoms with Gasteiger partial charge in [0.05, 0.1) is 17.6 Å². The molecule has 21 heteroatoms. The normalized spacial score (nSPS) is 15.2. The maximum atomic E-state index is 10.6. The van der Waals surface area contributed by atoms with Crippen molar-refractivity contribution in [3.05, 3.63) is 42.6 Å². The molecule has 1 unspecified atom stereocenters. The molecule has 0 aliphatic carbocycles. The number of nitrogens with zero attached hydrogens (tertiary/aromatic N) is 3. The number of alkyl halides is 9. The van der Waals surface area contributed by atoms with Crippen molar-refractivity contribution in [1.29, 1.82) is 0 Å². The monoisotopic (exact) mass is 674 g/mol. The van der Waals surface area contributed by atoms with Crippen LogP contribution in [0, 0.1) is 5.92 Å². The molecule has 0 spiro atoms. The molecule has 252 valence electrons. The molecular weight excluding hydrogens is 651 g/mol. The third-order valence-electron chi connectivity index (χ3n) is 5.77. The third-order valence-corrected chi connectivity index (χ3v) is 5.77. The predicted molar refractivity (Wildman–Crippen MR) is 139 cm³/mol. The minimum absolute atomic E-state index is 0.645. The topological polar surface area (TPSA) is 190 Å². The highest BCUT2D eigenvalue weighted by atomic mass is 19.4. The predicted octanol–water partition coefficient (Wildman–Crippen LogP) is 5.03. The number of rotatable bonds is 2. The molecule has 6 N–H and O–H groups in total. The molecular formula is C25H23F9N6O6. The number of imidazole rings is 1. The van der Waals surface area contributed by atoms with Gasteiger partial charge < -0.3 is 30.9 Å². The van der Waals surface area contributed by atoms with E-state index in [2.05, 4.69) is 31.7 Å². The van der Waals surface area contributed by atoms with Crippen molar-refractivity contribution in [1.82, 2.24) is 25.3 Å². The molecule has 1 fully saturated rings. The highest BCUT2D eigenvalue weighted by Crippen LogP contribution is 2.41. The minimum Gasteiger partial charge on any atom is -0.475 e. The first-order valence-electron chi connectivity index (χ1n) is 12.6. The highest BCUT2D eigenvalue weighted by molar-refractivity contribution is 5.94. The van der Waals surface area contributed by atoms with Gasteiger partial charge in [-0.3, -0.25) is 4.98 Å². The molecule has 0 amide bonds. The first kappa shape index (κ1) is 37.2. The van der Waals surface area contributed by atoms with Crippen LogP contribution >= 0.6 is 0 Å². The fourth-order valence-electron chi connectivity index (χ4n) is 3.82. The van der Waals surface area contributed by atoms with Crippen LogP contribution in [0.2, 0.25) is 0 Å². The van der Waals surface area contributed by atoms with E-state index in [1.807, 2.05) is 24.5 Å². The van der Waals surface area contributed by atoms with Gasteiger partial charge in [0.2, 0.25) is 0 Å². The molecule has 1 atom stereocenters. The maximum absolute atomic E-state index is 10.6. The van der Waals surface area contributed by atoms with Crippen LogP contribution in [-0.2, 0) is 20.8 Å². The molecule has 1 saturated heterocycles. The molecule has 2 aliphatic rings. The van der Waals surface area contributed by atoms with E-state index in [0.717, 1.165) is 59.4 Å². The van der Waals surface area contributed by atoms with Crippen LogP contribution in [0.3, 0.4) is 0 Å². The number of nitrogens with one attached hydrogen (secondary N) is 3. The van der Waals surface area contributed by atoms with Crippen molar-refractivity contribution in [3.8, 4) is 22.5 Å². The average Bonchev–Trinajstić information content (AvgIpc) is 3.31. The standard InChI is InChI=1S/C19H20N6.3C2HF3O2/c1-3-12(10-20-6-1)9-16-24-17-13-5-8-21-11-15(13)23-19-14(18(17)25-16)4-2-7-22-19;3*3-2(4,5)1(6)7/h2,4-5,7-8,11-12,20H,1,3,6,9-10H2,(H,22,23)(H,24,25);3*(H,6,7). The summed E-state index contributed by atoms with van der Waals surface area (Å²) in [6, 6.07) is 6.05. The summed E-state index contributed by atoms with van der Waals surface area (Å²) in [5.41, 5.74) is 5.09. The zero-order valence-electron chi connectivity index (χ0n) is 22.9. The Morgan fingerprint density at radius 1 is 0.848 bits per heavy atom. The smallest absolute Gasteiger partial charge is 0.475 e. The minimum atomic E-state index is -5.08.